The standard InChI is InChI=1S/C12H10F2N2O3S/c13-7-4-8(14)6-9(5-7)19-10-2-1-3-11(12(10)15)20(16,17)18/h1-6H,15H2,(H2,16,17,18). The Balaban J connectivity index is 2.44. The molecule has 0 amide bonds. The van der Waals surface area contributed by atoms with Gasteiger partial charge in [-0.2, -0.15) is 0 Å². The second kappa shape index (κ2) is 5.06. The summed E-state index contributed by atoms with van der Waals surface area (Å²) in [5, 5.41) is 4.98. The Bertz CT molecular complexity index is 743. The molecule has 8 heteroatoms. The molecule has 0 aliphatic rings. The number of primary sulfonamides is 1. The summed E-state index contributed by atoms with van der Waals surface area (Å²) in [5.41, 5.74) is 5.39. The minimum Gasteiger partial charge on any atom is -0.455 e. The van der Waals surface area contributed by atoms with Crippen molar-refractivity contribution in [1.82, 2.24) is 0 Å². The Morgan fingerprint density at radius 3 is 2.20 bits per heavy atom. The van der Waals surface area contributed by atoms with E-state index in [1.165, 1.54) is 18.2 Å². The third-order valence-corrected chi connectivity index (χ3v) is 3.37. The fourth-order valence-electron chi connectivity index (χ4n) is 1.58. The number of rotatable bonds is 3. The predicted octanol–water partition coefficient (Wildman–Crippen LogP) is 1.99. The molecule has 0 aromatic heterocycles. The molecule has 2 rings (SSSR count). The van der Waals surface area contributed by atoms with Crippen LogP contribution in [0.25, 0.3) is 0 Å². The molecule has 106 valence electrons. The zero-order chi connectivity index (χ0) is 14.9. The third-order valence-electron chi connectivity index (χ3n) is 2.40. The molecule has 0 atom stereocenters. The molecule has 0 fully saturated rings. The topological polar surface area (TPSA) is 95.4 Å². The number of benzene rings is 2. The minimum absolute atomic E-state index is 0.0680. The average Bonchev–Trinajstić information content (AvgIpc) is 2.29. The second-order valence-corrected chi connectivity index (χ2v) is 5.45. The molecule has 5 nitrogen and oxygen atoms in total. The van der Waals surface area contributed by atoms with Crippen LogP contribution < -0.4 is 15.6 Å². The lowest BCUT2D eigenvalue weighted by Gasteiger charge is -2.11. The first-order chi connectivity index (χ1) is 9.27. The number of halogens is 2. The summed E-state index contributed by atoms with van der Waals surface area (Å²) in [5.74, 6) is -1.88. The summed E-state index contributed by atoms with van der Waals surface area (Å²) in [6.45, 7) is 0. The summed E-state index contributed by atoms with van der Waals surface area (Å²) in [4.78, 5) is -0.327. The Morgan fingerprint density at radius 2 is 1.65 bits per heavy atom. The molecular weight excluding hydrogens is 290 g/mol. The van der Waals surface area contributed by atoms with E-state index >= 15 is 0 Å². The molecule has 0 aliphatic heterocycles. The smallest absolute Gasteiger partial charge is 0.240 e. The van der Waals surface area contributed by atoms with Gasteiger partial charge in [0.1, 0.15) is 22.3 Å². The van der Waals surface area contributed by atoms with Crippen LogP contribution in [0.3, 0.4) is 0 Å². The van der Waals surface area contributed by atoms with Gasteiger partial charge in [-0.1, -0.05) is 6.07 Å². The average molecular weight is 300 g/mol. The number of nitrogens with two attached hydrogens (primary N) is 2. The van der Waals surface area contributed by atoms with Crippen molar-refractivity contribution >= 4 is 15.7 Å². The molecule has 0 unspecified atom stereocenters. The normalized spacial score (nSPS) is 11.3. The van der Waals surface area contributed by atoms with Crippen LogP contribution in [0.4, 0.5) is 14.5 Å². The van der Waals surface area contributed by atoms with Crippen molar-refractivity contribution in [2.45, 2.75) is 4.90 Å². The minimum atomic E-state index is -4.02. The van der Waals surface area contributed by atoms with Crippen molar-refractivity contribution in [3.63, 3.8) is 0 Å². The van der Waals surface area contributed by atoms with Crippen molar-refractivity contribution in [3.05, 3.63) is 48.0 Å². The molecule has 0 heterocycles. The number of hydrogen-bond donors (Lipinski definition) is 2. The fourth-order valence-corrected chi connectivity index (χ4v) is 2.25. The molecule has 0 radical (unpaired) electrons. The first-order valence-corrected chi connectivity index (χ1v) is 6.87. The lowest BCUT2D eigenvalue weighted by Crippen LogP contribution is -2.14. The van der Waals surface area contributed by atoms with Crippen LogP contribution in [0.2, 0.25) is 0 Å². The molecule has 0 aliphatic carbocycles. The van der Waals surface area contributed by atoms with Crippen LogP contribution in [0.1, 0.15) is 0 Å². The predicted molar refractivity (Wildman–Crippen MR) is 68.7 cm³/mol. The van der Waals surface area contributed by atoms with E-state index in [0.717, 1.165) is 12.1 Å². The van der Waals surface area contributed by atoms with Gasteiger partial charge in [-0.3, -0.25) is 0 Å². The summed E-state index contributed by atoms with van der Waals surface area (Å²) in [7, 11) is -4.02. The van der Waals surface area contributed by atoms with Crippen LogP contribution in [0.15, 0.2) is 41.3 Å². The van der Waals surface area contributed by atoms with E-state index in [9.17, 15) is 17.2 Å². The zero-order valence-electron chi connectivity index (χ0n) is 10.0. The van der Waals surface area contributed by atoms with Crippen molar-refractivity contribution in [2.75, 3.05) is 5.73 Å². The number of ether oxygens (including phenoxy) is 1. The molecule has 0 spiro atoms. The van der Waals surface area contributed by atoms with Gasteiger partial charge in [0, 0.05) is 18.2 Å². The first kappa shape index (κ1) is 14.2. The quantitative estimate of drug-likeness (QED) is 0.847. The largest absolute Gasteiger partial charge is 0.455 e. The van der Waals surface area contributed by atoms with Crippen molar-refractivity contribution < 1.29 is 21.9 Å². The van der Waals surface area contributed by atoms with Gasteiger partial charge >= 0.3 is 0 Å². The number of hydrogen-bond acceptors (Lipinski definition) is 4. The summed E-state index contributed by atoms with van der Waals surface area (Å²) in [6.07, 6.45) is 0. The second-order valence-electron chi connectivity index (χ2n) is 3.92. The molecule has 4 N–H and O–H groups in total. The summed E-state index contributed by atoms with van der Waals surface area (Å²) in [6, 6.07) is 6.45. The maximum Gasteiger partial charge on any atom is 0.240 e. The van der Waals surface area contributed by atoms with Gasteiger partial charge in [-0.05, 0) is 12.1 Å². The van der Waals surface area contributed by atoms with E-state index in [1.807, 2.05) is 0 Å². The van der Waals surface area contributed by atoms with E-state index in [-0.39, 0.29) is 22.1 Å². The van der Waals surface area contributed by atoms with E-state index in [0.29, 0.717) is 6.07 Å². The van der Waals surface area contributed by atoms with Crippen molar-refractivity contribution in [3.8, 4) is 11.5 Å². The van der Waals surface area contributed by atoms with E-state index in [4.69, 9.17) is 15.6 Å². The molecule has 0 saturated heterocycles. The third kappa shape index (κ3) is 3.03. The van der Waals surface area contributed by atoms with Crippen LogP contribution in [-0.2, 0) is 10.0 Å². The summed E-state index contributed by atoms with van der Waals surface area (Å²) < 4.78 is 53.8. The van der Waals surface area contributed by atoms with Crippen LogP contribution in [0, 0.1) is 11.6 Å². The van der Waals surface area contributed by atoms with Gasteiger partial charge in [0.25, 0.3) is 0 Å². The Labute approximate surface area is 113 Å². The first-order valence-electron chi connectivity index (χ1n) is 5.32. The van der Waals surface area contributed by atoms with Gasteiger partial charge in [-0.15, -0.1) is 0 Å². The van der Waals surface area contributed by atoms with Gasteiger partial charge in [0.2, 0.25) is 10.0 Å². The lowest BCUT2D eigenvalue weighted by molar-refractivity contribution is 0.469. The van der Waals surface area contributed by atoms with Crippen molar-refractivity contribution in [1.29, 1.82) is 0 Å². The number of nitrogen functional groups attached to an aromatic ring is 1. The highest BCUT2D eigenvalue weighted by Crippen LogP contribution is 2.32. The SMILES string of the molecule is Nc1c(Oc2cc(F)cc(F)c2)cccc1S(N)(=O)=O. The number of sulfonamides is 1. The van der Waals surface area contributed by atoms with E-state index in [1.54, 1.807) is 0 Å². The summed E-state index contributed by atoms with van der Waals surface area (Å²) >= 11 is 0. The van der Waals surface area contributed by atoms with Crippen LogP contribution in [-0.4, -0.2) is 8.42 Å². The molecular formula is C12H10F2N2O3S. The van der Waals surface area contributed by atoms with Gasteiger partial charge in [-0.25, -0.2) is 22.3 Å². The molecule has 0 bridgehead atoms. The highest BCUT2D eigenvalue weighted by Gasteiger charge is 2.16. The molecule has 20 heavy (non-hydrogen) atoms. The highest BCUT2D eigenvalue weighted by atomic mass is 32.2. The highest BCUT2D eigenvalue weighted by molar-refractivity contribution is 7.89. The van der Waals surface area contributed by atoms with Gasteiger partial charge < -0.3 is 10.5 Å². The van der Waals surface area contributed by atoms with Crippen LogP contribution >= 0.6 is 0 Å². The molecule has 2 aromatic carbocycles. The maximum absolute atomic E-state index is 13.0. The van der Waals surface area contributed by atoms with E-state index < -0.39 is 21.7 Å². The zero-order valence-corrected chi connectivity index (χ0v) is 10.8. The molecule has 0 saturated carbocycles. The Hall–Kier alpha value is -2.19. The monoisotopic (exact) mass is 300 g/mol. The Morgan fingerprint density at radius 1 is 1.05 bits per heavy atom. The number of anilines is 1. The van der Waals surface area contributed by atoms with Gasteiger partial charge in [0.05, 0.1) is 5.69 Å². The molecule has 2 aromatic rings. The maximum atomic E-state index is 13.0. The van der Waals surface area contributed by atoms with Gasteiger partial charge in [0.15, 0.2) is 5.75 Å². The number of para-hydroxylation sites is 1. The van der Waals surface area contributed by atoms with E-state index in [2.05, 4.69) is 0 Å². The van der Waals surface area contributed by atoms with Crippen molar-refractivity contribution in [2.24, 2.45) is 5.14 Å². The lowest BCUT2D eigenvalue weighted by atomic mass is 10.3. The van der Waals surface area contributed by atoms with Crippen LogP contribution in [0.5, 0.6) is 11.5 Å². The fraction of sp³-hybridized carbons (Fsp3) is 0. The Kier molecular flexibility index (Phi) is 3.60.